The number of fused-ring (bicyclic) bond motifs is 1. The molecule has 0 aromatic heterocycles. The molecule has 0 radical (unpaired) electrons. The van der Waals surface area contributed by atoms with Crippen LogP contribution < -0.4 is 5.32 Å². The molecule has 0 heterocycles. The van der Waals surface area contributed by atoms with Crippen molar-refractivity contribution in [2.24, 2.45) is 0 Å². The van der Waals surface area contributed by atoms with Gasteiger partial charge in [-0.2, -0.15) is 0 Å². The first-order valence-corrected chi connectivity index (χ1v) is 9.12. The molecule has 3 aromatic carbocycles. The number of nitrogens with one attached hydrogen (secondary N) is 1. The second-order valence-corrected chi connectivity index (χ2v) is 6.44. The molecule has 0 saturated heterocycles. The molecular formula is C23H23NO3. The van der Waals surface area contributed by atoms with Gasteiger partial charge in [0, 0.05) is 12.1 Å². The van der Waals surface area contributed by atoms with Gasteiger partial charge in [0.05, 0.1) is 12.2 Å². The van der Waals surface area contributed by atoms with Crippen LogP contribution in [0, 0.1) is 6.92 Å². The van der Waals surface area contributed by atoms with E-state index in [2.05, 4.69) is 29.6 Å². The van der Waals surface area contributed by atoms with Gasteiger partial charge >= 0.3 is 5.97 Å². The predicted molar refractivity (Wildman–Crippen MR) is 108 cm³/mol. The highest BCUT2D eigenvalue weighted by atomic mass is 16.5. The van der Waals surface area contributed by atoms with Crippen molar-refractivity contribution in [1.29, 1.82) is 0 Å². The first kappa shape index (κ1) is 18.6. The Morgan fingerprint density at radius 2 is 1.78 bits per heavy atom. The molecule has 0 fully saturated rings. The Bertz CT molecular complexity index is 973. The van der Waals surface area contributed by atoms with E-state index in [4.69, 9.17) is 4.74 Å². The summed E-state index contributed by atoms with van der Waals surface area (Å²) < 4.78 is 5.00. The number of esters is 1. The molecule has 0 aliphatic carbocycles. The molecule has 27 heavy (non-hydrogen) atoms. The van der Waals surface area contributed by atoms with E-state index in [-0.39, 0.29) is 11.9 Å². The third-order valence-electron chi connectivity index (χ3n) is 4.51. The van der Waals surface area contributed by atoms with Crippen LogP contribution in [-0.2, 0) is 16.0 Å². The zero-order chi connectivity index (χ0) is 19.2. The Kier molecular flexibility index (Phi) is 5.87. The summed E-state index contributed by atoms with van der Waals surface area (Å²) >= 11 is 0. The van der Waals surface area contributed by atoms with Gasteiger partial charge in [-0.25, -0.2) is 4.79 Å². The van der Waals surface area contributed by atoms with Gasteiger partial charge in [0.25, 0.3) is 0 Å². The topological polar surface area (TPSA) is 55.4 Å². The Balaban J connectivity index is 1.65. The fraction of sp³-hybridized carbons (Fsp3) is 0.217. The van der Waals surface area contributed by atoms with Crippen molar-refractivity contribution < 1.29 is 14.3 Å². The van der Waals surface area contributed by atoms with Gasteiger partial charge in [-0.3, -0.25) is 4.79 Å². The molecule has 138 valence electrons. The molecule has 0 saturated carbocycles. The molecule has 0 atom stereocenters. The SMILES string of the molecule is CCOC(=O)c1ccc(NC(=O)CCc2cccc3ccccc23)c(C)c1. The molecule has 1 N–H and O–H groups in total. The fourth-order valence-corrected chi connectivity index (χ4v) is 3.12. The van der Waals surface area contributed by atoms with Crippen molar-refractivity contribution in [2.75, 3.05) is 11.9 Å². The number of hydrogen-bond acceptors (Lipinski definition) is 3. The van der Waals surface area contributed by atoms with E-state index in [1.165, 1.54) is 10.8 Å². The van der Waals surface area contributed by atoms with Gasteiger partial charge in [0.2, 0.25) is 5.91 Å². The monoisotopic (exact) mass is 361 g/mol. The van der Waals surface area contributed by atoms with Crippen molar-refractivity contribution in [1.82, 2.24) is 0 Å². The number of hydrogen-bond donors (Lipinski definition) is 1. The zero-order valence-electron chi connectivity index (χ0n) is 15.6. The van der Waals surface area contributed by atoms with Gasteiger partial charge in [0.1, 0.15) is 0 Å². The Labute approximate surface area is 159 Å². The second kappa shape index (κ2) is 8.49. The van der Waals surface area contributed by atoms with Crippen LogP contribution in [0.1, 0.15) is 34.8 Å². The lowest BCUT2D eigenvalue weighted by Crippen LogP contribution is -2.14. The van der Waals surface area contributed by atoms with E-state index < -0.39 is 0 Å². The van der Waals surface area contributed by atoms with Crippen molar-refractivity contribution in [3.63, 3.8) is 0 Å². The molecule has 1 amide bonds. The molecule has 3 rings (SSSR count). The van der Waals surface area contributed by atoms with Crippen LogP contribution in [0.2, 0.25) is 0 Å². The average Bonchev–Trinajstić information content (AvgIpc) is 2.68. The summed E-state index contributed by atoms with van der Waals surface area (Å²) in [6.07, 6.45) is 1.07. The maximum absolute atomic E-state index is 12.4. The third-order valence-corrected chi connectivity index (χ3v) is 4.51. The summed E-state index contributed by atoms with van der Waals surface area (Å²) in [5, 5.41) is 5.30. The molecular weight excluding hydrogens is 338 g/mol. The number of anilines is 1. The zero-order valence-corrected chi connectivity index (χ0v) is 15.6. The minimum absolute atomic E-state index is 0.0464. The van der Waals surface area contributed by atoms with Crippen molar-refractivity contribution in [3.05, 3.63) is 77.4 Å². The molecule has 3 aromatic rings. The molecule has 0 bridgehead atoms. The van der Waals surface area contributed by atoms with Crippen LogP contribution >= 0.6 is 0 Å². The van der Waals surface area contributed by atoms with Gasteiger partial charge in [-0.05, 0) is 60.4 Å². The molecule has 0 aliphatic rings. The summed E-state index contributed by atoms with van der Waals surface area (Å²) in [5.74, 6) is -0.399. The fourth-order valence-electron chi connectivity index (χ4n) is 3.12. The predicted octanol–water partition coefficient (Wildman–Crippen LogP) is 4.90. The standard InChI is InChI=1S/C23H23NO3/c1-3-27-23(26)19-11-13-21(16(2)15-19)24-22(25)14-12-18-9-6-8-17-7-4-5-10-20(17)18/h4-11,13,15H,3,12,14H2,1-2H3,(H,24,25). The largest absolute Gasteiger partial charge is 0.462 e. The summed E-state index contributed by atoms with van der Waals surface area (Å²) in [7, 11) is 0. The van der Waals surface area contributed by atoms with E-state index in [0.29, 0.717) is 30.7 Å². The van der Waals surface area contributed by atoms with Crippen LogP contribution in [0.25, 0.3) is 10.8 Å². The Morgan fingerprint density at radius 1 is 1.00 bits per heavy atom. The highest BCUT2D eigenvalue weighted by Gasteiger charge is 2.11. The first-order chi connectivity index (χ1) is 13.1. The minimum Gasteiger partial charge on any atom is -0.462 e. The highest BCUT2D eigenvalue weighted by molar-refractivity contribution is 5.94. The number of benzene rings is 3. The van der Waals surface area contributed by atoms with E-state index in [0.717, 1.165) is 11.1 Å². The van der Waals surface area contributed by atoms with Crippen LogP contribution in [0.4, 0.5) is 5.69 Å². The number of carbonyl (C=O) groups is 2. The first-order valence-electron chi connectivity index (χ1n) is 9.12. The molecule has 0 unspecified atom stereocenters. The van der Waals surface area contributed by atoms with E-state index in [9.17, 15) is 9.59 Å². The summed E-state index contributed by atoms with van der Waals surface area (Å²) in [4.78, 5) is 24.2. The van der Waals surface area contributed by atoms with Crippen molar-refractivity contribution in [3.8, 4) is 0 Å². The van der Waals surface area contributed by atoms with Crippen molar-refractivity contribution in [2.45, 2.75) is 26.7 Å². The highest BCUT2D eigenvalue weighted by Crippen LogP contribution is 2.21. The van der Waals surface area contributed by atoms with Gasteiger partial charge < -0.3 is 10.1 Å². The summed E-state index contributed by atoms with van der Waals surface area (Å²) in [6, 6.07) is 19.5. The third kappa shape index (κ3) is 4.53. The van der Waals surface area contributed by atoms with E-state index >= 15 is 0 Å². The molecule has 4 heteroatoms. The number of amides is 1. The van der Waals surface area contributed by atoms with Crippen molar-refractivity contribution >= 4 is 28.3 Å². The lowest BCUT2D eigenvalue weighted by Gasteiger charge is -2.11. The Hall–Kier alpha value is -3.14. The number of ether oxygens (including phenoxy) is 1. The molecule has 0 aliphatic heterocycles. The Morgan fingerprint density at radius 3 is 2.56 bits per heavy atom. The lowest BCUT2D eigenvalue weighted by molar-refractivity contribution is -0.116. The quantitative estimate of drug-likeness (QED) is 0.636. The smallest absolute Gasteiger partial charge is 0.338 e. The van der Waals surface area contributed by atoms with Crippen LogP contribution in [0.3, 0.4) is 0 Å². The maximum atomic E-state index is 12.4. The molecule has 4 nitrogen and oxygen atoms in total. The number of rotatable bonds is 6. The van der Waals surface area contributed by atoms with Gasteiger partial charge in [-0.1, -0.05) is 42.5 Å². The van der Waals surface area contributed by atoms with Crippen LogP contribution in [0.5, 0.6) is 0 Å². The van der Waals surface area contributed by atoms with Gasteiger partial charge in [-0.15, -0.1) is 0 Å². The average molecular weight is 361 g/mol. The lowest BCUT2D eigenvalue weighted by atomic mass is 10.0. The normalized spacial score (nSPS) is 10.6. The maximum Gasteiger partial charge on any atom is 0.338 e. The second-order valence-electron chi connectivity index (χ2n) is 6.44. The minimum atomic E-state index is -0.352. The number of carbonyl (C=O) groups excluding carboxylic acids is 2. The van der Waals surface area contributed by atoms with E-state index in [1.807, 2.05) is 25.1 Å². The van der Waals surface area contributed by atoms with Crippen LogP contribution in [0.15, 0.2) is 60.7 Å². The summed E-state index contributed by atoms with van der Waals surface area (Å²) in [5.41, 5.74) is 3.20. The van der Waals surface area contributed by atoms with E-state index in [1.54, 1.807) is 25.1 Å². The van der Waals surface area contributed by atoms with Crippen LogP contribution in [-0.4, -0.2) is 18.5 Å². The summed E-state index contributed by atoms with van der Waals surface area (Å²) in [6.45, 7) is 3.98. The number of aryl methyl sites for hydroxylation is 2. The molecule has 0 spiro atoms. The van der Waals surface area contributed by atoms with Gasteiger partial charge in [0.15, 0.2) is 0 Å².